The van der Waals surface area contributed by atoms with Gasteiger partial charge in [-0.1, -0.05) is 15.9 Å². The number of hydrogen-bond donors (Lipinski definition) is 0. The van der Waals surface area contributed by atoms with Crippen LogP contribution in [0.15, 0.2) is 15.0 Å². The molecule has 1 fully saturated rings. The summed E-state index contributed by atoms with van der Waals surface area (Å²) in [7, 11) is 0. The molecule has 0 aliphatic carbocycles. The van der Waals surface area contributed by atoms with Crippen molar-refractivity contribution in [1.82, 2.24) is 0 Å². The number of ether oxygens (including phenoxy) is 2. The van der Waals surface area contributed by atoms with E-state index < -0.39 is 6.29 Å². The number of rotatable bonds is 1. The molecule has 1 aromatic rings. The predicted octanol–water partition coefficient (Wildman–Crippen LogP) is 3.70. The lowest BCUT2D eigenvalue weighted by Crippen LogP contribution is -2.03. The molecule has 1 aromatic carbocycles. The topological polar surface area (TPSA) is 18.5 Å². The van der Waals surface area contributed by atoms with Crippen LogP contribution in [0.3, 0.4) is 0 Å². The van der Waals surface area contributed by atoms with E-state index in [9.17, 15) is 4.39 Å². The highest BCUT2D eigenvalue weighted by molar-refractivity contribution is 9.11. The molecule has 5 heteroatoms. The molecule has 0 aromatic heterocycles. The highest BCUT2D eigenvalue weighted by Gasteiger charge is 2.25. The highest BCUT2D eigenvalue weighted by atomic mass is 79.9. The van der Waals surface area contributed by atoms with E-state index in [1.165, 1.54) is 6.07 Å². The van der Waals surface area contributed by atoms with Gasteiger partial charge in [0.25, 0.3) is 0 Å². The molecule has 0 spiro atoms. The fourth-order valence-electron chi connectivity index (χ4n) is 1.45. The van der Waals surface area contributed by atoms with Crippen molar-refractivity contribution >= 4 is 31.9 Å². The lowest BCUT2D eigenvalue weighted by molar-refractivity contribution is -0.0452. The van der Waals surface area contributed by atoms with Gasteiger partial charge >= 0.3 is 0 Å². The molecule has 0 N–H and O–H groups in total. The first-order valence-corrected chi connectivity index (χ1v) is 6.07. The van der Waals surface area contributed by atoms with Gasteiger partial charge in [-0.2, -0.15) is 0 Å². The zero-order valence-electron chi connectivity index (χ0n) is 8.02. The van der Waals surface area contributed by atoms with Crippen molar-refractivity contribution < 1.29 is 13.9 Å². The van der Waals surface area contributed by atoms with Gasteiger partial charge in [0.2, 0.25) is 0 Å². The molecule has 1 heterocycles. The third kappa shape index (κ3) is 2.11. The summed E-state index contributed by atoms with van der Waals surface area (Å²) in [6.45, 7) is 2.85. The zero-order valence-corrected chi connectivity index (χ0v) is 11.2. The van der Waals surface area contributed by atoms with Crippen LogP contribution < -0.4 is 0 Å². The molecule has 1 aliphatic rings. The molecular weight excluding hydrogens is 331 g/mol. The van der Waals surface area contributed by atoms with Crippen molar-refractivity contribution in [3.63, 3.8) is 0 Å². The van der Waals surface area contributed by atoms with Gasteiger partial charge < -0.3 is 9.47 Å². The van der Waals surface area contributed by atoms with Crippen molar-refractivity contribution in [3.05, 3.63) is 32.0 Å². The van der Waals surface area contributed by atoms with Crippen molar-refractivity contribution in [2.24, 2.45) is 0 Å². The van der Waals surface area contributed by atoms with E-state index in [1.807, 2.05) is 0 Å². The molecule has 0 radical (unpaired) electrons. The maximum Gasteiger partial charge on any atom is 0.186 e. The lowest BCUT2D eigenvalue weighted by Gasteiger charge is -2.15. The van der Waals surface area contributed by atoms with Gasteiger partial charge in [-0.25, -0.2) is 4.39 Å². The van der Waals surface area contributed by atoms with Crippen LogP contribution in [0, 0.1) is 12.7 Å². The van der Waals surface area contributed by atoms with Crippen LogP contribution in [0.4, 0.5) is 4.39 Å². The van der Waals surface area contributed by atoms with Crippen LogP contribution in [0.25, 0.3) is 0 Å². The largest absolute Gasteiger partial charge is 0.346 e. The Hall–Kier alpha value is 0.0300. The Bertz CT molecular complexity index is 389. The van der Waals surface area contributed by atoms with Gasteiger partial charge in [0.05, 0.1) is 13.2 Å². The Kier molecular flexibility index (Phi) is 3.45. The Balaban J connectivity index is 2.50. The van der Waals surface area contributed by atoms with Crippen molar-refractivity contribution in [3.8, 4) is 0 Å². The fourth-order valence-corrected chi connectivity index (χ4v) is 2.89. The molecule has 2 nitrogen and oxygen atoms in total. The molecule has 0 unspecified atom stereocenters. The van der Waals surface area contributed by atoms with Crippen molar-refractivity contribution in [1.29, 1.82) is 0 Å². The van der Waals surface area contributed by atoms with Crippen molar-refractivity contribution in [2.75, 3.05) is 13.2 Å². The summed E-state index contributed by atoms with van der Waals surface area (Å²) in [4.78, 5) is 0. The summed E-state index contributed by atoms with van der Waals surface area (Å²) in [6.07, 6.45) is -0.409. The Morgan fingerprint density at radius 3 is 2.53 bits per heavy atom. The summed E-state index contributed by atoms with van der Waals surface area (Å²) in [6, 6.07) is 1.43. The minimum atomic E-state index is -0.409. The normalized spacial score (nSPS) is 17.3. The van der Waals surface area contributed by atoms with Crippen LogP contribution in [0.1, 0.15) is 17.4 Å². The average molecular weight is 340 g/mol. The third-order valence-electron chi connectivity index (χ3n) is 2.29. The Morgan fingerprint density at radius 1 is 1.33 bits per heavy atom. The Morgan fingerprint density at radius 2 is 1.93 bits per heavy atom. The molecular formula is C10H9Br2FO2. The second-order valence-electron chi connectivity index (χ2n) is 3.27. The van der Waals surface area contributed by atoms with E-state index in [0.29, 0.717) is 27.7 Å². The van der Waals surface area contributed by atoms with E-state index in [-0.39, 0.29) is 5.82 Å². The minimum absolute atomic E-state index is 0.254. The van der Waals surface area contributed by atoms with Gasteiger partial charge in [0.1, 0.15) is 5.82 Å². The van der Waals surface area contributed by atoms with Gasteiger partial charge in [-0.05, 0) is 34.5 Å². The predicted molar refractivity (Wildman–Crippen MR) is 61.2 cm³/mol. The van der Waals surface area contributed by atoms with Crippen LogP contribution in [0.2, 0.25) is 0 Å². The molecule has 2 rings (SSSR count). The van der Waals surface area contributed by atoms with Gasteiger partial charge in [0.15, 0.2) is 6.29 Å². The first kappa shape index (κ1) is 11.5. The molecule has 0 bridgehead atoms. The second kappa shape index (κ2) is 4.49. The summed E-state index contributed by atoms with van der Waals surface area (Å²) in [5.41, 5.74) is 1.37. The first-order valence-electron chi connectivity index (χ1n) is 4.48. The molecule has 1 saturated heterocycles. The summed E-state index contributed by atoms with van der Waals surface area (Å²) >= 11 is 6.67. The molecule has 15 heavy (non-hydrogen) atoms. The Labute approximate surface area is 104 Å². The smallest absolute Gasteiger partial charge is 0.186 e. The maximum atomic E-state index is 13.4. The standard InChI is InChI=1S/C10H9Br2FO2/c1-5-7(13)4-6(11)8(9(5)12)10-14-2-3-15-10/h4,10H,2-3H2,1H3. The van der Waals surface area contributed by atoms with Gasteiger partial charge in [-0.3, -0.25) is 0 Å². The zero-order chi connectivity index (χ0) is 11.0. The minimum Gasteiger partial charge on any atom is -0.346 e. The quantitative estimate of drug-likeness (QED) is 0.776. The second-order valence-corrected chi connectivity index (χ2v) is 4.91. The van der Waals surface area contributed by atoms with Gasteiger partial charge in [0, 0.05) is 14.5 Å². The molecule has 82 valence electrons. The lowest BCUT2D eigenvalue weighted by atomic mass is 10.1. The van der Waals surface area contributed by atoms with Crippen LogP contribution in [0.5, 0.6) is 0 Å². The highest BCUT2D eigenvalue weighted by Crippen LogP contribution is 2.38. The number of halogens is 3. The van der Waals surface area contributed by atoms with E-state index in [0.717, 1.165) is 5.56 Å². The summed E-state index contributed by atoms with van der Waals surface area (Å²) in [5, 5.41) is 0. The SMILES string of the molecule is Cc1c(F)cc(Br)c(C2OCCO2)c1Br. The third-order valence-corrected chi connectivity index (χ3v) is 3.97. The maximum absolute atomic E-state index is 13.4. The van der Waals surface area contributed by atoms with E-state index in [1.54, 1.807) is 6.92 Å². The van der Waals surface area contributed by atoms with Crippen LogP contribution in [-0.2, 0) is 9.47 Å². The number of benzene rings is 1. The van der Waals surface area contributed by atoms with Gasteiger partial charge in [-0.15, -0.1) is 0 Å². The molecule has 1 aliphatic heterocycles. The summed E-state index contributed by atoms with van der Waals surface area (Å²) in [5.74, 6) is -0.254. The summed E-state index contributed by atoms with van der Waals surface area (Å²) < 4.78 is 25.5. The van der Waals surface area contributed by atoms with Crippen molar-refractivity contribution in [2.45, 2.75) is 13.2 Å². The van der Waals surface area contributed by atoms with E-state index in [2.05, 4.69) is 31.9 Å². The first-order chi connectivity index (χ1) is 7.11. The van der Waals surface area contributed by atoms with E-state index >= 15 is 0 Å². The average Bonchev–Trinajstić information content (AvgIpc) is 2.68. The monoisotopic (exact) mass is 338 g/mol. The van der Waals surface area contributed by atoms with Crippen LogP contribution >= 0.6 is 31.9 Å². The number of hydrogen-bond acceptors (Lipinski definition) is 2. The van der Waals surface area contributed by atoms with E-state index in [4.69, 9.17) is 9.47 Å². The fraction of sp³-hybridized carbons (Fsp3) is 0.400. The van der Waals surface area contributed by atoms with Crippen LogP contribution in [-0.4, -0.2) is 13.2 Å². The molecule has 0 atom stereocenters. The molecule has 0 amide bonds. The molecule has 0 saturated carbocycles.